The molecule has 0 aliphatic rings. The summed E-state index contributed by atoms with van der Waals surface area (Å²) in [5, 5.41) is 2.80. The Kier molecular flexibility index (Phi) is 3.20. The molecule has 2 atom stereocenters. The van der Waals surface area contributed by atoms with Gasteiger partial charge < -0.3 is 21.0 Å². The van der Waals surface area contributed by atoms with Crippen molar-refractivity contribution in [3.63, 3.8) is 0 Å². The Bertz CT molecular complexity index is 626. The molecule has 0 saturated carbocycles. The number of amides is 1. The number of imidazole rings is 1. The highest BCUT2D eigenvalue weighted by Crippen LogP contribution is 2.16. The number of nitrogens with one attached hydrogen (secondary N) is 3. The van der Waals surface area contributed by atoms with Crippen LogP contribution in [0.3, 0.4) is 0 Å². The lowest BCUT2D eigenvalue weighted by atomic mass is 10.1. The molecule has 0 spiro atoms. The zero-order valence-electron chi connectivity index (χ0n) is 10.3. The molecule has 0 saturated heterocycles. The first-order valence-corrected chi connectivity index (χ1v) is 5.75. The Balaban J connectivity index is 2.24. The van der Waals surface area contributed by atoms with Gasteiger partial charge in [-0.1, -0.05) is 6.07 Å². The topological polar surface area (TPSA) is 104 Å². The first kappa shape index (κ1) is 12.4. The fourth-order valence-electron chi connectivity index (χ4n) is 1.75. The van der Waals surface area contributed by atoms with Crippen molar-refractivity contribution >= 4 is 16.9 Å². The SMILES string of the molecule is CC(N)C(=O)NC(C)c1ccc2[nH]c(=O)[nH]c2c1. The number of carbonyl (C=O) groups excluding carboxylic acids is 1. The van der Waals surface area contributed by atoms with Crippen LogP contribution < -0.4 is 16.7 Å². The molecule has 6 nitrogen and oxygen atoms in total. The molecule has 5 N–H and O–H groups in total. The van der Waals surface area contributed by atoms with Gasteiger partial charge in [0.1, 0.15) is 0 Å². The van der Waals surface area contributed by atoms with Gasteiger partial charge in [-0.3, -0.25) is 4.79 Å². The molecule has 96 valence electrons. The van der Waals surface area contributed by atoms with Crippen LogP contribution in [0.4, 0.5) is 0 Å². The van der Waals surface area contributed by atoms with Gasteiger partial charge in [0.2, 0.25) is 5.91 Å². The summed E-state index contributed by atoms with van der Waals surface area (Å²) in [7, 11) is 0. The predicted molar refractivity (Wildman–Crippen MR) is 69.1 cm³/mol. The molecular weight excluding hydrogens is 232 g/mol. The van der Waals surface area contributed by atoms with Crippen LogP contribution >= 0.6 is 0 Å². The van der Waals surface area contributed by atoms with Crippen LogP contribution in [0.15, 0.2) is 23.0 Å². The largest absolute Gasteiger partial charge is 0.348 e. The van der Waals surface area contributed by atoms with Gasteiger partial charge in [-0.15, -0.1) is 0 Å². The van der Waals surface area contributed by atoms with Gasteiger partial charge in [0.25, 0.3) is 0 Å². The van der Waals surface area contributed by atoms with Crippen molar-refractivity contribution in [2.75, 3.05) is 0 Å². The quantitative estimate of drug-likeness (QED) is 0.631. The number of carbonyl (C=O) groups is 1. The number of nitrogens with two attached hydrogens (primary N) is 1. The van der Waals surface area contributed by atoms with E-state index in [4.69, 9.17) is 5.73 Å². The molecule has 1 amide bonds. The van der Waals surface area contributed by atoms with E-state index in [1.807, 2.05) is 19.1 Å². The first-order chi connectivity index (χ1) is 8.47. The molecule has 0 aliphatic carbocycles. The summed E-state index contributed by atoms with van der Waals surface area (Å²) in [6, 6.07) is 4.80. The molecule has 2 aromatic rings. The van der Waals surface area contributed by atoms with Gasteiger partial charge in [-0.05, 0) is 31.5 Å². The smallest absolute Gasteiger partial charge is 0.323 e. The van der Waals surface area contributed by atoms with E-state index in [2.05, 4.69) is 15.3 Å². The van der Waals surface area contributed by atoms with Crippen molar-refractivity contribution in [2.24, 2.45) is 5.73 Å². The van der Waals surface area contributed by atoms with Crippen molar-refractivity contribution in [3.05, 3.63) is 34.2 Å². The van der Waals surface area contributed by atoms with Gasteiger partial charge in [-0.25, -0.2) is 4.79 Å². The van der Waals surface area contributed by atoms with Crippen LogP contribution in [0.5, 0.6) is 0 Å². The predicted octanol–water partition coefficient (Wildman–Crippen LogP) is 0.381. The van der Waals surface area contributed by atoms with Crippen LogP contribution in [-0.4, -0.2) is 21.9 Å². The molecule has 0 bridgehead atoms. The Morgan fingerprint density at radius 1 is 1.28 bits per heavy atom. The first-order valence-electron chi connectivity index (χ1n) is 5.75. The summed E-state index contributed by atoms with van der Waals surface area (Å²) in [4.78, 5) is 28.0. The number of rotatable bonds is 3. The number of H-pyrrole nitrogens is 2. The maximum Gasteiger partial charge on any atom is 0.323 e. The molecule has 18 heavy (non-hydrogen) atoms. The van der Waals surface area contributed by atoms with Crippen molar-refractivity contribution in [1.29, 1.82) is 0 Å². The lowest BCUT2D eigenvalue weighted by Crippen LogP contribution is -2.39. The van der Waals surface area contributed by atoms with E-state index in [0.717, 1.165) is 16.6 Å². The van der Waals surface area contributed by atoms with E-state index in [1.165, 1.54) is 0 Å². The van der Waals surface area contributed by atoms with E-state index in [0.29, 0.717) is 0 Å². The van der Waals surface area contributed by atoms with E-state index in [9.17, 15) is 9.59 Å². The molecule has 0 radical (unpaired) electrons. The molecule has 1 aromatic carbocycles. The highest BCUT2D eigenvalue weighted by molar-refractivity contribution is 5.81. The highest BCUT2D eigenvalue weighted by Gasteiger charge is 2.13. The third kappa shape index (κ3) is 2.43. The van der Waals surface area contributed by atoms with Gasteiger partial charge in [0.05, 0.1) is 23.1 Å². The van der Waals surface area contributed by atoms with E-state index in [1.54, 1.807) is 13.0 Å². The fraction of sp³-hybridized carbons (Fsp3) is 0.333. The van der Waals surface area contributed by atoms with E-state index < -0.39 is 6.04 Å². The molecule has 2 rings (SSSR count). The summed E-state index contributed by atoms with van der Waals surface area (Å²) >= 11 is 0. The van der Waals surface area contributed by atoms with Crippen molar-refractivity contribution in [1.82, 2.24) is 15.3 Å². The molecule has 0 aliphatic heterocycles. The number of fused-ring (bicyclic) bond motifs is 1. The van der Waals surface area contributed by atoms with Crippen LogP contribution in [-0.2, 0) is 4.79 Å². The normalized spacial score (nSPS) is 14.4. The Morgan fingerprint density at radius 3 is 2.61 bits per heavy atom. The van der Waals surface area contributed by atoms with Gasteiger partial charge in [0.15, 0.2) is 0 Å². The monoisotopic (exact) mass is 248 g/mol. The third-order valence-electron chi connectivity index (χ3n) is 2.81. The summed E-state index contributed by atoms with van der Waals surface area (Å²) < 4.78 is 0. The number of benzene rings is 1. The molecule has 2 unspecified atom stereocenters. The Morgan fingerprint density at radius 2 is 1.94 bits per heavy atom. The van der Waals surface area contributed by atoms with E-state index >= 15 is 0 Å². The third-order valence-corrected chi connectivity index (χ3v) is 2.81. The molecule has 6 heteroatoms. The maximum atomic E-state index is 11.5. The summed E-state index contributed by atoms with van der Waals surface area (Å²) in [6.45, 7) is 3.50. The molecule has 0 fully saturated rings. The second-order valence-corrected chi connectivity index (χ2v) is 4.40. The fourth-order valence-corrected chi connectivity index (χ4v) is 1.75. The number of aromatic amines is 2. The van der Waals surface area contributed by atoms with Gasteiger partial charge in [-0.2, -0.15) is 0 Å². The zero-order chi connectivity index (χ0) is 13.3. The van der Waals surface area contributed by atoms with Crippen LogP contribution in [0, 0.1) is 0 Å². The molecule has 1 aromatic heterocycles. The van der Waals surface area contributed by atoms with Crippen LogP contribution in [0.25, 0.3) is 11.0 Å². The van der Waals surface area contributed by atoms with Crippen molar-refractivity contribution < 1.29 is 4.79 Å². The lowest BCUT2D eigenvalue weighted by molar-refractivity contribution is -0.122. The summed E-state index contributed by atoms with van der Waals surface area (Å²) in [5.74, 6) is -0.204. The second kappa shape index (κ2) is 4.66. The average Bonchev–Trinajstić information content (AvgIpc) is 2.67. The summed E-state index contributed by atoms with van der Waals surface area (Å²) in [5.41, 5.74) is 7.63. The van der Waals surface area contributed by atoms with E-state index in [-0.39, 0.29) is 17.6 Å². The standard InChI is InChI=1S/C12H16N4O2/c1-6(13)11(17)14-7(2)8-3-4-9-10(5-8)16-12(18)15-9/h3-7H,13H2,1-2H3,(H,14,17)(H2,15,16,18). The maximum absolute atomic E-state index is 11.5. The minimum atomic E-state index is -0.539. The highest BCUT2D eigenvalue weighted by atomic mass is 16.2. The zero-order valence-corrected chi connectivity index (χ0v) is 10.3. The Hall–Kier alpha value is -2.08. The minimum Gasteiger partial charge on any atom is -0.348 e. The number of hydrogen-bond acceptors (Lipinski definition) is 3. The summed E-state index contributed by atoms with van der Waals surface area (Å²) in [6.07, 6.45) is 0. The van der Waals surface area contributed by atoms with Crippen LogP contribution in [0.1, 0.15) is 25.5 Å². The lowest BCUT2D eigenvalue weighted by Gasteiger charge is -2.15. The molecular formula is C12H16N4O2. The van der Waals surface area contributed by atoms with Crippen molar-refractivity contribution in [3.8, 4) is 0 Å². The van der Waals surface area contributed by atoms with Gasteiger partial charge >= 0.3 is 5.69 Å². The van der Waals surface area contributed by atoms with Crippen LogP contribution in [0.2, 0.25) is 0 Å². The average molecular weight is 248 g/mol. The van der Waals surface area contributed by atoms with Gasteiger partial charge in [0, 0.05) is 0 Å². The second-order valence-electron chi connectivity index (χ2n) is 4.40. The number of aromatic nitrogens is 2. The number of hydrogen-bond donors (Lipinski definition) is 4. The van der Waals surface area contributed by atoms with Crippen molar-refractivity contribution in [2.45, 2.75) is 25.9 Å². The molecule has 1 heterocycles. The Labute approximate surface area is 104 Å². The minimum absolute atomic E-state index is 0.161.